The van der Waals surface area contributed by atoms with Gasteiger partial charge >= 0.3 is 5.97 Å². The summed E-state index contributed by atoms with van der Waals surface area (Å²) in [5.41, 5.74) is 2.62. The van der Waals surface area contributed by atoms with E-state index in [0.717, 1.165) is 22.6 Å². The van der Waals surface area contributed by atoms with E-state index in [1.807, 2.05) is 49.4 Å². The predicted molar refractivity (Wildman–Crippen MR) is 102 cm³/mol. The Balaban J connectivity index is 1.92. The highest BCUT2D eigenvalue weighted by Crippen LogP contribution is 2.33. The molecule has 0 saturated carbocycles. The van der Waals surface area contributed by atoms with Crippen LogP contribution in [0, 0.1) is 6.92 Å². The molecular formula is C20H26O3S. The Morgan fingerprint density at radius 2 is 1.75 bits per heavy atom. The molecule has 0 amide bonds. The molecule has 0 saturated heterocycles. The van der Waals surface area contributed by atoms with Gasteiger partial charge in [-0.15, -0.1) is 0 Å². The highest BCUT2D eigenvalue weighted by Gasteiger charge is 2.11. The van der Waals surface area contributed by atoms with Crippen LogP contribution in [0.2, 0.25) is 0 Å². The van der Waals surface area contributed by atoms with Gasteiger partial charge in [-0.3, -0.25) is 0 Å². The highest BCUT2D eigenvalue weighted by molar-refractivity contribution is 8.32. The molecular weight excluding hydrogens is 320 g/mol. The fraction of sp³-hybridized carbons (Fsp3) is 0.350. The van der Waals surface area contributed by atoms with Gasteiger partial charge in [-0.25, -0.2) is 14.8 Å². The minimum absolute atomic E-state index is 0.267. The van der Waals surface area contributed by atoms with Crippen LogP contribution in [0.4, 0.5) is 0 Å². The molecule has 2 rings (SSSR count). The van der Waals surface area contributed by atoms with Crippen molar-refractivity contribution in [2.45, 2.75) is 13.5 Å². The monoisotopic (exact) mass is 346 g/mol. The minimum Gasteiger partial charge on any atom is -0.489 e. The van der Waals surface area contributed by atoms with E-state index < -0.39 is 10.0 Å². The Morgan fingerprint density at radius 3 is 2.38 bits per heavy atom. The summed E-state index contributed by atoms with van der Waals surface area (Å²) in [5, 5.41) is 0. The van der Waals surface area contributed by atoms with Crippen LogP contribution in [-0.2, 0) is 11.3 Å². The summed E-state index contributed by atoms with van der Waals surface area (Å²) < 4.78 is 11.2. The van der Waals surface area contributed by atoms with E-state index in [1.165, 1.54) is 0 Å². The molecule has 0 fully saturated rings. The van der Waals surface area contributed by atoms with Gasteiger partial charge < -0.3 is 9.47 Å². The third-order valence-electron chi connectivity index (χ3n) is 3.58. The molecule has 0 aliphatic carbocycles. The summed E-state index contributed by atoms with van der Waals surface area (Å²) in [6.07, 6.45) is 6.64. The first kappa shape index (κ1) is 18.4. The van der Waals surface area contributed by atoms with Crippen LogP contribution < -0.4 is 4.74 Å². The standard InChI is InChI=1S/C20H26O3S/c1-16-14-18(20(21)22-12-13-24(2,3)4)10-11-19(16)23-15-17-8-6-5-7-9-17/h5-11,14H,12-13,15H2,1-4H3. The molecule has 0 radical (unpaired) electrons. The maximum absolute atomic E-state index is 12.1. The Labute approximate surface area is 146 Å². The van der Waals surface area contributed by atoms with Crippen molar-refractivity contribution in [1.29, 1.82) is 0 Å². The predicted octanol–water partition coefficient (Wildman–Crippen LogP) is 4.42. The van der Waals surface area contributed by atoms with E-state index in [1.54, 1.807) is 6.07 Å². The SMILES string of the molecule is Cc1cc(C(=O)OCCS(C)(C)C)ccc1OCc1ccccc1. The smallest absolute Gasteiger partial charge is 0.338 e. The summed E-state index contributed by atoms with van der Waals surface area (Å²) in [7, 11) is -0.648. The van der Waals surface area contributed by atoms with Gasteiger partial charge in [-0.05, 0) is 55.0 Å². The van der Waals surface area contributed by atoms with Crippen molar-refractivity contribution >= 4 is 16.0 Å². The van der Waals surface area contributed by atoms with E-state index in [4.69, 9.17) is 9.47 Å². The van der Waals surface area contributed by atoms with E-state index >= 15 is 0 Å². The largest absolute Gasteiger partial charge is 0.489 e. The summed E-state index contributed by atoms with van der Waals surface area (Å²) in [6.45, 7) is 2.93. The average molecular weight is 346 g/mol. The molecule has 0 heterocycles. The molecule has 3 nitrogen and oxygen atoms in total. The second-order valence-electron chi connectivity index (χ2n) is 6.69. The number of hydrogen-bond donors (Lipinski definition) is 0. The second kappa shape index (κ2) is 8.25. The van der Waals surface area contributed by atoms with Crippen LogP contribution in [0.15, 0.2) is 48.5 Å². The Bertz CT molecular complexity index is 675. The van der Waals surface area contributed by atoms with Crippen LogP contribution in [0.5, 0.6) is 5.75 Å². The van der Waals surface area contributed by atoms with Crippen molar-refractivity contribution in [3.63, 3.8) is 0 Å². The van der Waals surface area contributed by atoms with Gasteiger partial charge in [0, 0.05) is 5.75 Å². The molecule has 0 spiro atoms. The van der Waals surface area contributed by atoms with Crippen molar-refractivity contribution in [3.05, 3.63) is 65.2 Å². The lowest BCUT2D eigenvalue weighted by Gasteiger charge is -2.24. The van der Waals surface area contributed by atoms with Crippen molar-refractivity contribution in [2.75, 3.05) is 31.1 Å². The van der Waals surface area contributed by atoms with E-state index in [0.29, 0.717) is 18.8 Å². The van der Waals surface area contributed by atoms with Gasteiger partial charge in [0.1, 0.15) is 12.4 Å². The molecule has 130 valence electrons. The van der Waals surface area contributed by atoms with Gasteiger partial charge in [0.05, 0.1) is 12.2 Å². The zero-order valence-electron chi connectivity index (χ0n) is 14.9. The summed E-state index contributed by atoms with van der Waals surface area (Å²) in [6, 6.07) is 15.4. The Morgan fingerprint density at radius 1 is 1.04 bits per heavy atom. The molecule has 0 atom stereocenters. The molecule has 0 unspecified atom stereocenters. The number of aryl methyl sites for hydroxylation is 1. The molecule has 0 aliphatic heterocycles. The third kappa shape index (κ3) is 5.93. The fourth-order valence-corrected chi connectivity index (χ4v) is 2.72. The normalized spacial score (nSPS) is 11.8. The first-order chi connectivity index (χ1) is 11.3. The summed E-state index contributed by atoms with van der Waals surface area (Å²) >= 11 is 0. The zero-order chi connectivity index (χ0) is 17.6. The van der Waals surface area contributed by atoms with E-state index in [-0.39, 0.29) is 5.97 Å². The van der Waals surface area contributed by atoms with Crippen LogP contribution >= 0.6 is 10.0 Å². The van der Waals surface area contributed by atoms with Crippen molar-refractivity contribution in [3.8, 4) is 5.75 Å². The third-order valence-corrected chi connectivity index (χ3v) is 4.97. The molecule has 4 heteroatoms. The summed E-state index contributed by atoms with van der Waals surface area (Å²) in [5.74, 6) is 1.45. The van der Waals surface area contributed by atoms with Gasteiger partial charge in [0.2, 0.25) is 0 Å². The lowest BCUT2D eigenvalue weighted by molar-refractivity contribution is 0.0530. The van der Waals surface area contributed by atoms with Gasteiger partial charge in [0.25, 0.3) is 0 Å². The molecule has 2 aromatic rings. The number of esters is 1. The van der Waals surface area contributed by atoms with Gasteiger partial charge in [0.15, 0.2) is 0 Å². The molecule has 0 N–H and O–H groups in total. The van der Waals surface area contributed by atoms with Crippen molar-refractivity contribution in [2.24, 2.45) is 0 Å². The number of carbonyl (C=O) groups is 1. The topological polar surface area (TPSA) is 35.5 Å². The Hall–Kier alpha value is -1.94. The number of ether oxygens (including phenoxy) is 2. The molecule has 0 aliphatic rings. The first-order valence-electron chi connectivity index (χ1n) is 7.96. The number of benzene rings is 2. The minimum atomic E-state index is -0.648. The maximum atomic E-state index is 12.1. The van der Waals surface area contributed by atoms with Crippen molar-refractivity contribution < 1.29 is 14.3 Å². The lowest BCUT2D eigenvalue weighted by Crippen LogP contribution is -2.12. The highest BCUT2D eigenvalue weighted by atomic mass is 32.3. The quantitative estimate of drug-likeness (QED) is 0.696. The van der Waals surface area contributed by atoms with E-state index in [2.05, 4.69) is 18.8 Å². The van der Waals surface area contributed by atoms with Gasteiger partial charge in [-0.2, -0.15) is 0 Å². The number of hydrogen-bond acceptors (Lipinski definition) is 3. The Kier molecular flexibility index (Phi) is 6.32. The van der Waals surface area contributed by atoms with Gasteiger partial charge in [-0.1, -0.05) is 30.3 Å². The summed E-state index contributed by atoms with van der Waals surface area (Å²) in [4.78, 5) is 12.1. The number of rotatable bonds is 7. The molecule has 24 heavy (non-hydrogen) atoms. The van der Waals surface area contributed by atoms with E-state index in [9.17, 15) is 4.79 Å². The maximum Gasteiger partial charge on any atom is 0.338 e. The van der Waals surface area contributed by atoms with Crippen molar-refractivity contribution in [1.82, 2.24) is 0 Å². The van der Waals surface area contributed by atoms with Crippen LogP contribution in [0.25, 0.3) is 0 Å². The van der Waals surface area contributed by atoms with Crippen LogP contribution in [0.3, 0.4) is 0 Å². The second-order valence-corrected chi connectivity index (χ2v) is 11.3. The van der Waals surface area contributed by atoms with Crippen LogP contribution in [0.1, 0.15) is 21.5 Å². The molecule has 2 aromatic carbocycles. The first-order valence-corrected chi connectivity index (χ1v) is 11.0. The lowest BCUT2D eigenvalue weighted by atomic mass is 10.1. The number of carbonyl (C=O) groups excluding carboxylic acids is 1. The van der Waals surface area contributed by atoms with Crippen LogP contribution in [-0.4, -0.2) is 37.1 Å². The average Bonchev–Trinajstić information content (AvgIpc) is 2.53. The molecule has 0 aromatic heterocycles. The molecule has 0 bridgehead atoms. The zero-order valence-corrected chi connectivity index (χ0v) is 15.7. The fourth-order valence-electron chi connectivity index (χ4n) is 2.14.